The lowest BCUT2D eigenvalue weighted by Gasteiger charge is -2.30. The largest absolute Gasteiger partial charge is 0.380 e. The van der Waals surface area contributed by atoms with Gasteiger partial charge in [-0.05, 0) is 25.6 Å². The molecule has 0 aromatic carbocycles. The van der Waals surface area contributed by atoms with Crippen molar-refractivity contribution in [2.45, 2.75) is 22.7 Å². The second-order valence-corrected chi connectivity index (χ2v) is 5.43. The van der Waals surface area contributed by atoms with Gasteiger partial charge < -0.3 is 10.1 Å². The van der Waals surface area contributed by atoms with E-state index in [1.54, 1.807) is 18.0 Å². The number of rotatable bonds is 3. The molecule has 1 aliphatic heterocycles. The Hall–Kier alpha value is -0.290. The second-order valence-electron chi connectivity index (χ2n) is 3.73. The summed E-state index contributed by atoms with van der Waals surface area (Å²) in [5.74, 6) is 0. The average molecular weight is 259 g/mol. The van der Waals surface area contributed by atoms with Crippen LogP contribution in [0, 0.1) is 0 Å². The average Bonchev–Trinajstić information content (AvgIpc) is 2.33. The quantitative estimate of drug-likeness (QED) is 0.902. The summed E-state index contributed by atoms with van der Waals surface area (Å²) < 4.78 is 5.50. The summed E-state index contributed by atoms with van der Waals surface area (Å²) in [6.45, 7) is 1.62. The van der Waals surface area contributed by atoms with Gasteiger partial charge in [0.15, 0.2) is 0 Å². The van der Waals surface area contributed by atoms with Gasteiger partial charge in [0, 0.05) is 24.1 Å². The highest BCUT2D eigenvalue weighted by Crippen LogP contribution is 2.27. The SMILES string of the molecule is CNC1CCOCC1Sc1ccc(Cl)cn1. The summed E-state index contributed by atoms with van der Waals surface area (Å²) in [7, 11) is 2.00. The standard InChI is InChI=1S/C11H15ClN2OS/c1-13-9-4-5-15-7-10(9)16-11-3-2-8(12)6-14-11/h2-3,6,9-10,13H,4-5,7H2,1H3. The van der Waals surface area contributed by atoms with Crippen molar-refractivity contribution in [3.63, 3.8) is 0 Å². The summed E-state index contributed by atoms with van der Waals surface area (Å²) in [5.41, 5.74) is 0. The number of thioether (sulfide) groups is 1. The van der Waals surface area contributed by atoms with E-state index in [9.17, 15) is 0 Å². The van der Waals surface area contributed by atoms with E-state index >= 15 is 0 Å². The van der Waals surface area contributed by atoms with E-state index in [2.05, 4.69) is 10.3 Å². The smallest absolute Gasteiger partial charge is 0.0965 e. The molecule has 0 radical (unpaired) electrons. The zero-order valence-electron chi connectivity index (χ0n) is 9.15. The number of nitrogens with one attached hydrogen (secondary N) is 1. The molecule has 5 heteroatoms. The van der Waals surface area contributed by atoms with E-state index in [4.69, 9.17) is 16.3 Å². The summed E-state index contributed by atoms with van der Waals surface area (Å²) in [6, 6.07) is 4.32. The second kappa shape index (κ2) is 5.87. The molecule has 0 spiro atoms. The highest BCUT2D eigenvalue weighted by atomic mass is 35.5. The maximum Gasteiger partial charge on any atom is 0.0965 e. The highest BCUT2D eigenvalue weighted by Gasteiger charge is 2.25. The van der Waals surface area contributed by atoms with Crippen molar-refractivity contribution >= 4 is 23.4 Å². The molecule has 1 aromatic heterocycles. The number of ether oxygens (including phenoxy) is 1. The Labute approximate surface area is 105 Å². The third-order valence-electron chi connectivity index (χ3n) is 2.65. The Morgan fingerprint density at radius 3 is 3.12 bits per heavy atom. The van der Waals surface area contributed by atoms with Gasteiger partial charge in [-0.3, -0.25) is 0 Å². The van der Waals surface area contributed by atoms with Crippen LogP contribution in [0.15, 0.2) is 23.4 Å². The topological polar surface area (TPSA) is 34.1 Å². The summed E-state index contributed by atoms with van der Waals surface area (Å²) >= 11 is 7.55. The zero-order valence-corrected chi connectivity index (χ0v) is 10.7. The molecule has 1 aromatic rings. The van der Waals surface area contributed by atoms with E-state index in [1.165, 1.54) is 0 Å². The van der Waals surface area contributed by atoms with E-state index in [0.29, 0.717) is 16.3 Å². The van der Waals surface area contributed by atoms with Gasteiger partial charge in [0.1, 0.15) is 0 Å². The Morgan fingerprint density at radius 2 is 2.44 bits per heavy atom. The van der Waals surface area contributed by atoms with Crippen LogP contribution in [-0.2, 0) is 4.74 Å². The molecule has 88 valence electrons. The van der Waals surface area contributed by atoms with E-state index in [0.717, 1.165) is 24.7 Å². The first kappa shape index (κ1) is 12.2. The molecule has 3 nitrogen and oxygen atoms in total. The van der Waals surface area contributed by atoms with Crippen molar-refractivity contribution in [2.75, 3.05) is 20.3 Å². The van der Waals surface area contributed by atoms with Crippen molar-refractivity contribution in [3.8, 4) is 0 Å². The predicted molar refractivity (Wildman–Crippen MR) is 67.2 cm³/mol. The fourth-order valence-corrected chi connectivity index (χ4v) is 3.03. The number of nitrogens with zero attached hydrogens (tertiary/aromatic N) is 1. The van der Waals surface area contributed by atoms with Crippen LogP contribution in [0.1, 0.15) is 6.42 Å². The lowest BCUT2D eigenvalue weighted by molar-refractivity contribution is 0.0850. The summed E-state index contributed by atoms with van der Waals surface area (Å²) in [6.07, 6.45) is 2.74. The monoisotopic (exact) mass is 258 g/mol. The Morgan fingerprint density at radius 1 is 1.56 bits per heavy atom. The fraction of sp³-hybridized carbons (Fsp3) is 0.545. The number of hydrogen-bond acceptors (Lipinski definition) is 4. The molecule has 2 heterocycles. The van der Waals surface area contributed by atoms with Gasteiger partial charge in [-0.15, -0.1) is 0 Å². The van der Waals surface area contributed by atoms with Gasteiger partial charge in [0.25, 0.3) is 0 Å². The number of hydrogen-bond donors (Lipinski definition) is 1. The third-order valence-corrected chi connectivity index (χ3v) is 4.12. The third kappa shape index (κ3) is 3.10. The van der Waals surface area contributed by atoms with Crippen molar-refractivity contribution in [1.29, 1.82) is 0 Å². The molecule has 2 rings (SSSR count). The van der Waals surface area contributed by atoms with Gasteiger partial charge in [-0.2, -0.15) is 0 Å². The van der Waals surface area contributed by atoms with Crippen molar-refractivity contribution < 1.29 is 4.74 Å². The summed E-state index contributed by atoms with van der Waals surface area (Å²) in [4.78, 5) is 4.29. The number of aromatic nitrogens is 1. The van der Waals surface area contributed by atoms with Crippen LogP contribution in [-0.4, -0.2) is 36.5 Å². The van der Waals surface area contributed by atoms with Gasteiger partial charge in [0.05, 0.1) is 16.7 Å². The van der Waals surface area contributed by atoms with Crippen molar-refractivity contribution in [3.05, 3.63) is 23.4 Å². The van der Waals surface area contributed by atoms with Gasteiger partial charge >= 0.3 is 0 Å². The lowest BCUT2D eigenvalue weighted by atomic mass is 10.1. The molecule has 1 fully saturated rings. The molecule has 0 aliphatic carbocycles. The van der Waals surface area contributed by atoms with Gasteiger partial charge in [-0.1, -0.05) is 23.4 Å². The van der Waals surface area contributed by atoms with Gasteiger partial charge in [-0.25, -0.2) is 4.98 Å². The minimum absolute atomic E-state index is 0.424. The minimum atomic E-state index is 0.424. The first-order chi connectivity index (χ1) is 7.79. The van der Waals surface area contributed by atoms with Crippen LogP contribution >= 0.6 is 23.4 Å². The van der Waals surface area contributed by atoms with Crippen molar-refractivity contribution in [2.24, 2.45) is 0 Å². The fourth-order valence-electron chi connectivity index (χ4n) is 1.75. The minimum Gasteiger partial charge on any atom is -0.380 e. The van der Waals surface area contributed by atoms with E-state index in [1.807, 2.05) is 19.2 Å². The van der Waals surface area contributed by atoms with Crippen LogP contribution < -0.4 is 5.32 Å². The Balaban J connectivity index is 1.99. The molecule has 2 unspecified atom stereocenters. The molecule has 2 atom stereocenters. The zero-order chi connectivity index (χ0) is 11.4. The Kier molecular flexibility index (Phi) is 4.46. The molecule has 1 aliphatic rings. The summed E-state index contributed by atoms with van der Waals surface area (Å²) in [5, 5.41) is 5.43. The first-order valence-corrected chi connectivity index (χ1v) is 6.58. The highest BCUT2D eigenvalue weighted by molar-refractivity contribution is 8.00. The molecular formula is C11H15ClN2OS. The van der Waals surface area contributed by atoms with Crippen LogP contribution in [0.5, 0.6) is 0 Å². The van der Waals surface area contributed by atoms with Crippen LogP contribution in [0.2, 0.25) is 5.02 Å². The molecule has 0 saturated carbocycles. The number of pyridine rings is 1. The molecule has 1 N–H and O–H groups in total. The van der Waals surface area contributed by atoms with Crippen LogP contribution in [0.4, 0.5) is 0 Å². The van der Waals surface area contributed by atoms with Crippen LogP contribution in [0.3, 0.4) is 0 Å². The van der Waals surface area contributed by atoms with Gasteiger partial charge in [0.2, 0.25) is 0 Å². The van der Waals surface area contributed by atoms with Crippen molar-refractivity contribution in [1.82, 2.24) is 10.3 Å². The first-order valence-electron chi connectivity index (χ1n) is 5.33. The molecular weight excluding hydrogens is 244 g/mol. The van der Waals surface area contributed by atoms with Crippen LogP contribution in [0.25, 0.3) is 0 Å². The molecule has 1 saturated heterocycles. The normalized spacial score (nSPS) is 25.6. The maximum atomic E-state index is 5.80. The molecule has 16 heavy (non-hydrogen) atoms. The molecule has 0 amide bonds. The van der Waals surface area contributed by atoms with E-state index < -0.39 is 0 Å². The lowest BCUT2D eigenvalue weighted by Crippen LogP contribution is -2.43. The maximum absolute atomic E-state index is 5.80. The van der Waals surface area contributed by atoms with E-state index in [-0.39, 0.29) is 0 Å². The number of halogens is 1. The Bertz CT molecular complexity index is 333. The molecule has 0 bridgehead atoms. The predicted octanol–water partition coefficient (Wildman–Crippen LogP) is 2.20.